The van der Waals surface area contributed by atoms with Gasteiger partial charge in [-0.1, -0.05) is 46.3 Å². The van der Waals surface area contributed by atoms with Crippen molar-refractivity contribution in [1.82, 2.24) is 9.62 Å². The number of hydrogen-bond acceptors (Lipinski definition) is 4. The van der Waals surface area contributed by atoms with Gasteiger partial charge in [-0.05, 0) is 36.7 Å². The molecular formula is C20H24BrN3O3S. The highest BCUT2D eigenvalue weighted by atomic mass is 79.9. The number of nitrogens with zero attached hydrogens (tertiary/aromatic N) is 2. The summed E-state index contributed by atoms with van der Waals surface area (Å²) in [5.74, 6) is -0.153. The molecule has 28 heavy (non-hydrogen) atoms. The van der Waals surface area contributed by atoms with E-state index in [0.29, 0.717) is 29.7 Å². The molecular weight excluding hydrogens is 442 g/mol. The second kappa shape index (κ2) is 8.73. The quantitative estimate of drug-likeness (QED) is 0.682. The first-order valence-electron chi connectivity index (χ1n) is 9.10. The fourth-order valence-electron chi connectivity index (χ4n) is 3.41. The summed E-state index contributed by atoms with van der Waals surface area (Å²) in [5.41, 5.74) is 2.54. The van der Waals surface area contributed by atoms with E-state index in [1.54, 1.807) is 6.07 Å². The highest BCUT2D eigenvalue weighted by Crippen LogP contribution is 2.37. The summed E-state index contributed by atoms with van der Waals surface area (Å²) in [6, 6.07) is 13.5. The van der Waals surface area contributed by atoms with Crippen molar-refractivity contribution in [2.24, 2.45) is 0 Å². The predicted octanol–water partition coefficient (Wildman–Crippen LogP) is 2.77. The van der Waals surface area contributed by atoms with Gasteiger partial charge < -0.3 is 9.80 Å². The molecule has 1 aliphatic heterocycles. The number of fused-ring (bicyclic) bond motifs is 1. The molecule has 150 valence electrons. The van der Waals surface area contributed by atoms with Gasteiger partial charge >= 0.3 is 0 Å². The summed E-state index contributed by atoms with van der Waals surface area (Å²) >= 11 is 3.39. The third-order valence-corrected chi connectivity index (χ3v) is 6.68. The number of sulfonamides is 1. The number of carbonyl (C=O) groups excluding carboxylic acids is 1. The van der Waals surface area contributed by atoms with Crippen LogP contribution in [0.15, 0.2) is 51.8 Å². The topological polar surface area (TPSA) is 69.7 Å². The van der Waals surface area contributed by atoms with E-state index in [1.165, 1.54) is 17.4 Å². The fourth-order valence-corrected chi connectivity index (χ4v) is 5.36. The molecule has 2 aromatic rings. The molecule has 0 spiro atoms. The van der Waals surface area contributed by atoms with E-state index < -0.39 is 10.0 Å². The molecule has 1 amide bonds. The highest BCUT2D eigenvalue weighted by Gasteiger charge is 2.31. The maximum absolute atomic E-state index is 13.0. The van der Waals surface area contributed by atoms with Gasteiger partial charge in [0.05, 0.1) is 5.69 Å². The molecule has 6 nitrogen and oxygen atoms in total. The molecule has 1 aliphatic rings. The number of rotatable bonds is 7. The van der Waals surface area contributed by atoms with Crippen LogP contribution in [0.2, 0.25) is 0 Å². The lowest BCUT2D eigenvalue weighted by Crippen LogP contribution is -2.34. The van der Waals surface area contributed by atoms with E-state index in [2.05, 4.69) is 25.6 Å². The van der Waals surface area contributed by atoms with Crippen molar-refractivity contribution in [2.45, 2.75) is 24.8 Å². The lowest BCUT2D eigenvalue weighted by molar-refractivity contribution is -0.116. The molecule has 0 atom stereocenters. The van der Waals surface area contributed by atoms with Gasteiger partial charge in [0.25, 0.3) is 0 Å². The van der Waals surface area contributed by atoms with Crippen LogP contribution < -0.4 is 9.62 Å². The zero-order valence-corrected chi connectivity index (χ0v) is 18.4. The Bertz CT molecular complexity index is 964. The van der Waals surface area contributed by atoms with Crippen LogP contribution in [0.25, 0.3) is 0 Å². The predicted molar refractivity (Wildman–Crippen MR) is 114 cm³/mol. The molecule has 0 bridgehead atoms. The Morgan fingerprint density at radius 3 is 2.64 bits per heavy atom. The average molecular weight is 466 g/mol. The molecule has 0 unspecified atom stereocenters. The summed E-state index contributed by atoms with van der Waals surface area (Å²) in [4.78, 5) is 15.7. The first-order valence-corrected chi connectivity index (χ1v) is 11.4. The summed E-state index contributed by atoms with van der Waals surface area (Å²) < 4.78 is 29.3. The van der Waals surface area contributed by atoms with Crippen LogP contribution in [0.4, 0.5) is 5.69 Å². The van der Waals surface area contributed by atoms with Crippen LogP contribution >= 0.6 is 15.9 Å². The number of anilines is 1. The standard InChI is InChI=1S/C20H24BrN3O3S/c1-15(25)24-10-8-17-12-18(21)13-19(20(17)24)28(26,27)22-9-11-23(2)14-16-6-4-3-5-7-16/h3-7,12-13,22H,8-11,14H2,1-2H3. The Labute approximate surface area is 174 Å². The van der Waals surface area contributed by atoms with Crippen LogP contribution in [0.5, 0.6) is 0 Å². The maximum Gasteiger partial charge on any atom is 0.242 e. The number of likely N-dealkylation sites (N-methyl/N-ethyl adjacent to an activating group) is 1. The van der Waals surface area contributed by atoms with Crippen molar-refractivity contribution in [3.05, 3.63) is 58.1 Å². The van der Waals surface area contributed by atoms with Gasteiger partial charge in [0, 0.05) is 37.6 Å². The Morgan fingerprint density at radius 2 is 1.96 bits per heavy atom. The second-order valence-corrected chi connectivity index (χ2v) is 9.60. The van der Waals surface area contributed by atoms with E-state index in [4.69, 9.17) is 0 Å². The minimum Gasteiger partial charge on any atom is -0.311 e. The molecule has 2 aromatic carbocycles. The van der Waals surface area contributed by atoms with Crippen molar-refractivity contribution in [2.75, 3.05) is 31.6 Å². The first kappa shape index (κ1) is 21.0. The molecule has 1 N–H and O–H groups in total. The first-order chi connectivity index (χ1) is 13.3. The van der Waals surface area contributed by atoms with Crippen molar-refractivity contribution in [3.8, 4) is 0 Å². The van der Waals surface area contributed by atoms with Crippen molar-refractivity contribution >= 4 is 37.5 Å². The number of carbonyl (C=O) groups is 1. The number of amides is 1. The number of nitrogens with one attached hydrogen (secondary N) is 1. The molecule has 3 rings (SSSR count). The molecule has 1 heterocycles. The average Bonchev–Trinajstić information content (AvgIpc) is 3.05. The fraction of sp³-hybridized carbons (Fsp3) is 0.350. The Morgan fingerprint density at radius 1 is 1.25 bits per heavy atom. The van der Waals surface area contributed by atoms with Crippen LogP contribution in [0, 0.1) is 0 Å². The zero-order chi connectivity index (χ0) is 20.3. The lowest BCUT2D eigenvalue weighted by atomic mass is 10.2. The summed E-state index contributed by atoms with van der Waals surface area (Å²) in [7, 11) is -1.79. The Hall–Kier alpha value is -1.74. The minimum atomic E-state index is -3.74. The second-order valence-electron chi connectivity index (χ2n) is 6.95. The van der Waals surface area contributed by atoms with Gasteiger partial charge in [-0.2, -0.15) is 0 Å². The van der Waals surface area contributed by atoms with Crippen LogP contribution in [0.1, 0.15) is 18.1 Å². The SMILES string of the molecule is CC(=O)N1CCc2cc(Br)cc(S(=O)(=O)NCCN(C)Cc3ccccc3)c21. The van der Waals surface area contributed by atoms with Gasteiger partial charge in [0.2, 0.25) is 15.9 Å². The van der Waals surface area contributed by atoms with Gasteiger partial charge in [-0.3, -0.25) is 4.79 Å². The minimum absolute atomic E-state index is 0.148. The maximum atomic E-state index is 13.0. The van der Waals surface area contributed by atoms with Gasteiger partial charge in [-0.15, -0.1) is 0 Å². The van der Waals surface area contributed by atoms with E-state index >= 15 is 0 Å². The third kappa shape index (κ3) is 4.81. The molecule has 0 aliphatic carbocycles. The lowest BCUT2D eigenvalue weighted by Gasteiger charge is -2.20. The molecule has 0 aromatic heterocycles. The number of hydrogen-bond donors (Lipinski definition) is 1. The van der Waals surface area contributed by atoms with Gasteiger partial charge in [0.15, 0.2) is 0 Å². The molecule has 0 fully saturated rings. The molecule has 0 radical (unpaired) electrons. The van der Waals surface area contributed by atoms with Crippen molar-refractivity contribution in [1.29, 1.82) is 0 Å². The smallest absolute Gasteiger partial charge is 0.242 e. The summed E-state index contributed by atoms with van der Waals surface area (Å²) in [6.45, 7) is 3.56. The molecule has 0 saturated carbocycles. The van der Waals surface area contributed by atoms with Crippen LogP contribution in [0.3, 0.4) is 0 Å². The van der Waals surface area contributed by atoms with E-state index in [-0.39, 0.29) is 17.3 Å². The van der Waals surface area contributed by atoms with E-state index in [9.17, 15) is 13.2 Å². The summed E-state index contributed by atoms with van der Waals surface area (Å²) in [5, 5.41) is 0. The van der Waals surface area contributed by atoms with Crippen LogP contribution in [-0.2, 0) is 27.8 Å². The Kier molecular flexibility index (Phi) is 6.54. The third-order valence-electron chi connectivity index (χ3n) is 4.74. The molecule has 0 saturated heterocycles. The number of halogens is 1. The van der Waals surface area contributed by atoms with E-state index in [1.807, 2.05) is 43.4 Å². The molecule has 8 heteroatoms. The Balaban J connectivity index is 1.71. The zero-order valence-electron chi connectivity index (χ0n) is 16.0. The van der Waals surface area contributed by atoms with Gasteiger partial charge in [-0.25, -0.2) is 13.1 Å². The van der Waals surface area contributed by atoms with Gasteiger partial charge in [0.1, 0.15) is 4.90 Å². The monoisotopic (exact) mass is 465 g/mol. The van der Waals surface area contributed by atoms with Crippen LogP contribution in [-0.4, -0.2) is 45.9 Å². The summed E-state index contributed by atoms with van der Waals surface area (Å²) in [6.07, 6.45) is 0.649. The van der Waals surface area contributed by atoms with E-state index in [0.717, 1.165) is 12.1 Å². The van der Waals surface area contributed by atoms with Crippen molar-refractivity contribution < 1.29 is 13.2 Å². The highest BCUT2D eigenvalue weighted by molar-refractivity contribution is 9.10. The largest absolute Gasteiger partial charge is 0.311 e. The van der Waals surface area contributed by atoms with Crippen molar-refractivity contribution in [3.63, 3.8) is 0 Å². The number of benzene rings is 2. The normalized spacial score (nSPS) is 13.8.